The third-order valence-corrected chi connectivity index (χ3v) is 4.63. The molecule has 0 fully saturated rings. The lowest BCUT2D eigenvalue weighted by molar-refractivity contribution is 0.174. The van der Waals surface area contributed by atoms with Crippen molar-refractivity contribution in [1.29, 1.82) is 0 Å². The summed E-state index contributed by atoms with van der Waals surface area (Å²) < 4.78 is 11.6. The Morgan fingerprint density at radius 3 is 2.62 bits per heavy atom. The number of nitrogens with one attached hydrogen (secondary N) is 1. The van der Waals surface area contributed by atoms with Crippen molar-refractivity contribution in [3.63, 3.8) is 0 Å². The molecule has 0 aliphatic carbocycles. The Balaban J connectivity index is 1.88. The van der Waals surface area contributed by atoms with Crippen molar-refractivity contribution in [2.45, 2.75) is 0 Å². The number of fused-ring (bicyclic) bond motifs is 1. The molecular weight excluding hydrogens is 302 g/mol. The van der Waals surface area contributed by atoms with E-state index in [1.165, 1.54) is 0 Å². The second-order valence-corrected chi connectivity index (χ2v) is 6.34. The average molecular weight is 313 g/mol. The maximum Gasteiger partial charge on any atom is 0.231 e. The van der Waals surface area contributed by atoms with Crippen LogP contribution in [0.1, 0.15) is 0 Å². The molecule has 2 heterocycles. The molecule has 1 aromatic heterocycles. The van der Waals surface area contributed by atoms with E-state index in [9.17, 15) is 0 Å². The number of ether oxygens (including phenoxy) is 2. The number of rotatable bonds is 2. The van der Waals surface area contributed by atoms with Crippen LogP contribution in [0.3, 0.4) is 0 Å². The highest BCUT2D eigenvalue weighted by Gasteiger charge is 2.17. The van der Waals surface area contributed by atoms with Gasteiger partial charge in [0.25, 0.3) is 0 Å². The van der Waals surface area contributed by atoms with Gasteiger partial charge in [0.2, 0.25) is 6.79 Å². The van der Waals surface area contributed by atoms with Crippen molar-refractivity contribution >= 4 is 23.6 Å². The van der Waals surface area contributed by atoms with Crippen molar-refractivity contribution in [3.05, 3.63) is 52.5 Å². The molecule has 0 saturated carbocycles. The quantitative estimate of drug-likeness (QED) is 0.685. The average Bonchev–Trinajstić information content (AvgIpc) is 3.13. The van der Waals surface area contributed by atoms with Crippen LogP contribution < -0.4 is 9.47 Å². The van der Waals surface area contributed by atoms with E-state index in [1.54, 1.807) is 11.3 Å². The molecule has 3 aromatic rings. The number of H-pyrrole nitrogens is 1. The first-order valence-corrected chi connectivity index (χ1v) is 7.72. The molecule has 0 radical (unpaired) electrons. The summed E-state index contributed by atoms with van der Waals surface area (Å²) >= 11 is 6.90. The first kappa shape index (κ1) is 12.6. The molecule has 0 unspecified atom stereocenters. The van der Waals surface area contributed by atoms with Gasteiger partial charge in [-0.2, -0.15) is 0 Å². The van der Waals surface area contributed by atoms with Crippen LogP contribution in [0.15, 0.2) is 48.5 Å². The molecular formula is C16H11NO2S2. The second-order valence-electron chi connectivity index (χ2n) is 4.65. The van der Waals surface area contributed by atoms with Crippen LogP contribution >= 0.6 is 23.6 Å². The van der Waals surface area contributed by atoms with Crippen LogP contribution in [0.5, 0.6) is 11.5 Å². The number of aromatic nitrogens is 1. The molecule has 2 aromatic carbocycles. The smallest absolute Gasteiger partial charge is 0.231 e. The predicted molar refractivity (Wildman–Crippen MR) is 86.5 cm³/mol. The van der Waals surface area contributed by atoms with E-state index in [1.807, 2.05) is 36.4 Å². The largest absolute Gasteiger partial charge is 0.454 e. The molecule has 1 N–H and O–H groups in total. The summed E-state index contributed by atoms with van der Waals surface area (Å²) in [4.78, 5) is 4.40. The molecule has 0 atom stereocenters. The van der Waals surface area contributed by atoms with Crippen LogP contribution in [-0.2, 0) is 0 Å². The van der Waals surface area contributed by atoms with Gasteiger partial charge in [-0.1, -0.05) is 30.3 Å². The lowest BCUT2D eigenvalue weighted by Crippen LogP contribution is -1.92. The Morgan fingerprint density at radius 2 is 1.76 bits per heavy atom. The lowest BCUT2D eigenvalue weighted by atomic mass is 10.1. The summed E-state index contributed by atoms with van der Waals surface area (Å²) in [6.45, 7) is 0.285. The highest BCUT2D eigenvalue weighted by atomic mass is 32.1. The van der Waals surface area contributed by atoms with Crippen molar-refractivity contribution in [1.82, 2.24) is 4.98 Å². The van der Waals surface area contributed by atoms with Gasteiger partial charge in [-0.3, -0.25) is 0 Å². The van der Waals surface area contributed by atoms with Gasteiger partial charge in [0.1, 0.15) is 0 Å². The van der Waals surface area contributed by atoms with Crippen LogP contribution in [-0.4, -0.2) is 11.8 Å². The zero-order valence-electron chi connectivity index (χ0n) is 11.0. The number of aromatic amines is 1. The minimum Gasteiger partial charge on any atom is -0.454 e. The SMILES string of the molecule is S=c1[nH]c(-c2ccccc2)c(-c2ccc3c(c2)OCO3)s1. The van der Waals surface area contributed by atoms with Gasteiger partial charge in [0, 0.05) is 0 Å². The molecule has 4 rings (SSSR count). The molecule has 1 aliphatic rings. The molecule has 0 spiro atoms. The summed E-state index contributed by atoms with van der Waals surface area (Å²) in [6, 6.07) is 16.2. The maximum atomic E-state index is 5.46. The first-order valence-electron chi connectivity index (χ1n) is 6.50. The van der Waals surface area contributed by atoms with Crippen molar-refractivity contribution < 1.29 is 9.47 Å². The molecule has 21 heavy (non-hydrogen) atoms. The van der Waals surface area contributed by atoms with E-state index in [0.29, 0.717) is 0 Å². The molecule has 0 saturated heterocycles. The normalized spacial score (nSPS) is 12.6. The van der Waals surface area contributed by atoms with Crippen LogP contribution in [0.25, 0.3) is 21.7 Å². The second kappa shape index (κ2) is 5.02. The summed E-state index contributed by atoms with van der Waals surface area (Å²) in [5, 5.41) is 0. The van der Waals surface area contributed by atoms with Crippen molar-refractivity contribution in [2.75, 3.05) is 6.79 Å². The topological polar surface area (TPSA) is 34.2 Å². The number of benzene rings is 2. The summed E-state index contributed by atoms with van der Waals surface area (Å²) in [6.07, 6.45) is 0. The van der Waals surface area contributed by atoms with Gasteiger partial charge < -0.3 is 14.5 Å². The zero-order chi connectivity index (χ0) is 14.2. The van der Waals surface area contributed by atoms with Crippen LogP contribution in [0.4, 0.5) is 0 Å². The fourth-order valence-electron chi connectivity index (χ4n) is 2.38. The number of thiazole rings is 1. The number of hydrogen-bond acceptors (Lipinski definition) is 4. The maximum absolute atomic E-state index is 5.46. The third kappa shape index (κ3) is 2.24. The van der Waals surface area contributed by atoms with Crippen molar-refractivity contribution in [3.8, 4) is 33.2 Å². The monoisotopic (exact) mass is 313 g/mol. The third-order valence-electron chi connectivity index (χ3n) is 3.35. The molecule has 104 valence electrons. The predicted octanol–water partition coefficient (Wildman–Crippen LogP) is 4.87. The van der Waals surface area contributed by atoms with E-state index in [-0.39, 0.29) is 6.79 Å². The molecule has 0 amide bonds. The van der Waals surface area contributed by atoms with Gasteiger partial charge in [-0.25, -0.2) is 0 Å². The fourth-order valence-corrected chi connectivity index (χ4v) is 3.58. The van der Waals surface area contributed by atoms with E-state index in [4.69, 9.17) is 21.7 Å². The molecule has 5 heteroatoms. The summed E-state index contributed by atoms with van der Waals surface area (Å²) in [5.41, 5.74) is 3.25. The minimum absolute atomic E-state index is 0.285. The lowest BCUT2D eigenvalue weighted by Gasteiger charge is -2.05. The molecule has 0 bridgehead atoms. The Labute approximate surface area is 130 Å². The van der Waals surface area contributed by atoms with Crippen molar-refractivity contribution in [2.24, 2.45) is 0 Å². The van der Waals surface area contributed by atoms with Gasteiger partial charge in [0.05, 0.1) is 10.6 Å². The first-order chi connectivity index (χ1) is 10.3. The zero-order valence-corrected chi connectivity index (χ0v) is 12.6. The highest BCUT2D eigenvalue weighted by Crippen LogP contribution is 2.40. The molecule has 1 aliphatic heterocycles. The highest BCUT2D eigenvalue weighted by molar-refractivity contribution is 7.73. The van der Waals surface area contributed by atoms with Gasteiger partial charge >= 0.3 is 0 Å². The Hall–Kier alpha value is -2.11. The standard InChI is InChI=1S/C16H11NO2S2/c20-16-17-14(10-4-2-1-3-5-10)15(21-16)11-6-7-12-13(8-11)19-9-18-12/h1-8H,9H2,(H,17,20). The van der Waals surface area contributed by atoms with E-state index in [2.05, 4.69) is 17.1 Å². The van der Waals surface area contributed by atoms with Crippen LogP contribution in [0.2, 0.25) is 0 Å². The van der Waals surface area contributed by atoms with Gasteiger partial charge in [-0.05, 0) is 41.5 Å². The fraction of sp³-hybridized carbons (Fsp3) is 0.0625. The van der Waals surface area contributed by atoms with E-state index >= 15 is 0 Å². The summed E-state index contributed by atoms with van der Waals surface area (Å²) in [7, 11) is 0. The Bertz CT molecular complexity index is 852. The summed E-state index contributed by atoms with van der Waals surface area (Å²) in [5.74, 6) is 1.57. The Kier molecular flexibility index (Phi) is 3.02. The van der Waals surface area contributed by atoms with Gasteiger partial charge in [-0.15, -0.1) is 11.3 Å². The Morgan fingerprint density at radius 1 is 0.952 bits per heavy atom. The molecule has 3 nitrogen and oxygen atoms in total. The van der Waals surface area contributed by atoms with Crippen LogP contribution in [0, 0.1) is 3.95 Å². The van der Waals surface area contributed by atoms with Gasteiger partial charge in [0.15, 0.2) is 15.5 Å². The number of hydrogen-bond donors (Lipinski definition) is 1. The minimum atomic E-state index is 0.285. The van der Waals surface area contributed by atoms with E-state index in [0.717, 1.165) is 37.2 Å². The van der Waals surface area contributed by atoms with E-state index < -0.39 is 0 Å².